The Balaban J connectivity index is 0.000000550. The summed E-state index contributed by atoms with van der Waals surface area (Å²) in [6.45, 7) is 0.306. The predicted molar refractivity (Wildman–Crippen MR) is 91.4 cm³/mol. The van der Waals surface area contributed by atoms with E-state index < -0.39 is 22.0 Å². The number of oxime groups is 1. The molecule has 0 saturated carbocycles. The summed E-state index contributed by atoms with van der Waals surface area (Å²) in [7, 11) is -3.67. The van der Waals surface area contributed by atoms with Crippen molar-refractivity contribution < 1.29 is 27.7 Å². The van der Waals surface area contributed by atoms with Gasteiger partial charge in [0.2, 0.25) is 0 Å². The van der Waals surface area contributed by atoms with Crippen LogP contribution in [0.5, 0.6) is 5.75 Å². The Kier molecular flexibility index (Phi) is 7.08. The van der Waals surface area contributed by atoms with Gasteiger partial charge in [0.25, 0.3) is 16.0 Å². The molecule has 136 valence electrons. The minimum Gasteiger partial charge on any atom is -0.492 e. The van der Waals surface area contributed by atoms with Crippen LogP contribution in [0.3, 0.4) is 0 Å². The van der Waals surface area contributed by atoms with E-state index in [4.69, 9.17) is 25.6 Å². The van der Waals surface area contributed by atoms with Gasteiger partial charge in [0.1, 0.15) is 5.75 Å². The lowest BCUT2D eigenvalue weighted by Crippen LogP contribution is -2.36. The highest BCUT2D eigenvalue weighted by atomic mass is 32.2. The van der Waals surface area contributed by atoms with E-state index in [1.807, 2.05) is 0 Å². The number of fused-ring (bicyclic) bond motifs is 1. The highest BCUT2D eigenvalue weighted by Crippen LogP contribution is 2.28. The number of nitrogens with zero attached hydrogens (tertiary/aromatic N) is 1. The maximum absolute atomic E-state index is 11.9. The molecule has 0 unspecified atom stereocenters. The summed E-state index contributed by atoms with van der Waals surface area (Å²) in [4.78, 5) is 11.9. The Morgan fingerprint density at radius 3 is 2.68 bits per heavy atom. The first-order valence-corrected chi connectivity index (χ1v) is 8.68. The van der Waals surface area contributed by atoms with Gasteiger partial charge in [-0.3, -0.25) is 20.1 Å². The van der Waals surface area contributed by atoms with Gasteiger partial charge in [-0.1, -0.05) is 17.3 Å². The van der Waals surface area contributed by atoms with Crippen LogP contribution in [0, 0.1) is 5.41 Å². The fraction of sp³-hybridized carbons (Fsp3) is 0.214. The van der Waals surface area contributed by atoms with Crippen LogP contribution in [0.15, 0.2) is 28.9 Å². The third-order valence-electron chi connectivity index (χ3n) is 2.76. The first-order chi connectivity index (χ1) is 11.6. The maximum atomic E-state index is 11.9. The van der Waals surface area contributed by atoms with E-state index >= 15 is 0 Å². The number of guanidine groups is 1. The van der Waals surface area contributed by atoms with Crippen molar-refractivity contribution in [3.8, 4) is 5.75 Å². The summed E-state index contributed by atoms with van der Waals surface area (Å²) in [5, 5.41) is 20.9. The molecule has 1 aliphatic heterocycles. The fourth-order valence-electron chi connectivity index (χ4n) is 1.92. The molecular formula is C14H18N4O6S. The average molecular weight is 370 g/mol. The van der Waals surface area contributed by atoms with Crippen LogP contribution in [0.25, 0.3) is 6.08 Å². The molecule has 0 spiro atoms. The predicted octanol–water partition coefficient (Wildman–Crippen LogP) is 0.174. The standard InChI is InChI=1S/C13H14N4O3.CH4O3S/c14-13(15)17-12(18)9-4-5-20-11-8(6-9)2-1-3-10(11)7-16-19;1-5(2,3)4/h1-3,6-7,19H,4-5H2,(H4,14,15,17,18);1H3,(H,2,3,4)/b16-7-;. The summed E-state index contributed by atoms with van der Waals surface area (Å²) in [5.74, 6) is -0.270. The van der Waals surface area contributed by atoms with E-state index in [0.29, 0.717) is 41.7 Å². The molecule has 0 saturated heterocycles. The number of hydrogen-bond acceptors (Lipinski definition) is 7. The second-order valence-electron chi connectivity index (χ2n) is 4.88. The van der Waals surface area contributed by atoms with Crippen molar-refractivity contribution in [3.05, 3.63) is 34.9 Å². The van der Waals surface area contributed by atoms with E-state index in [0.717, 1.165) is 0 Å². The molecule has 1 aliphatic rings. The molecule has 0 radical (unpaired) electrons. The van der Waals surface area contributed by atoms with Crippen LogP contribution in [0.4, 0.5) is 0 Å². The van der Waals surface area contributed by atoms with Crippen molar-refractivity contribution in [1.82, 2.24) is 5.32 Å². The maximum Gasteiger partial charge on any atom is 0.261 e. The third kappa shape index (κ3) is 7.46. The van der Waals surface area contributed by atoms with Crippen molar-refractivity contribution in [2.24, 2.45) is 10.9 Å². The minimum absolute atomic E-state index is 0.306. The van der Waals surface area contributed by atoms with Gasteiger partial charge in [-0.2, -0.15) is 8.42 Å². The fourth-order valence-corrected chi connectivity index (χ4v) is 1.92. The molecule has 10 nitrogen and oxygen atoms in total. The van der Waals surface area contributed by atoms with Gasteiger partial charge in [-0.25, -0.2) is 0 Å². The number of benzene rings is 1. The van der Waals surface area contributed by atoms with Crippen LogP contribution in [0.2, 0.25) is 0 Å². The number of hydrogen-bond donors (Lipinski definition) is 5. The SMILES string of the molecule is CS(=O)(=O)O.N=C(N)NC(=O)C1=Cc2cccc(/C=N\O)c2OCC1. The zero-order valence-corrected chi connectivity index (χ0v) is 14.1. The lowest BCUT2D eigenvalue weighted by atomic mass is 10.1. The zero-order valence-electron chi connectivity index (χ0n) is 13.3. The van der Waals surface area contributed by atoms with Gasteiger partial charge in [-0.05, 0) is 12.1 Å². The largest absolute Gasteiger partial charge is 0.492 e. The van der Waals surface area contributed by atoms with Crippen molar-refractivity contribution in [3.63, 3.8) is 0 Å². The van der Waals surface area contributed by atoms with Gasteiger partial charge < -0.3 is 15.7 Å². The van der Waals surface area contributed by atoms with Gasteiger partial charge >= 0.3 is 0 Å². The van der Waals surface area contributed by atoms with E-state index in [2.05, 4.69) is 10.5 Å². The number of amides is 1. The molecule has 0 fully saturated rings. The number of nitrogens with two attached hydrogens (primary N) is 1. The minimum atomic E-state index is -3.67. The molecule has 0 bridgehead atoms. The van der Waals surface area contributed by atoms with E-state index in [9.17, 15) is 13.2 Å². The molecule has 2 rings (SSSR count). The zero-order chi connectivity index (χ0) is 19.0. The average Bonchev–Trinajstić information content (AvgIpc) is 2.68. The van der Waals surface area contributed by atoms with E-state index in [-0.39, 0.29) is 0 Å². The van der Waals surface area contributed by atoms with Crippen LogP contribution < -0.4 is 15.8 Å². The van der Waals surface area contributed by atoms with Crippen molar-refractivity contribution in [2.45, 2.75) is 6.42 Å². The first-order valence-electron chi connectivity index (χ1n) is 6.83. The highest BCUT2D eigenvalue weighted by Gasteiger charge is 2.17. The molecule has 1 aromatic carbocycles. The van der Waals surface area contributed by atoms with Crippen LogP contribution >= 0.6 is 0 Å². The molecule has 1 aromatic rings. The molecule has 0 aromatic heterocycles. The molecular weight excluding hydrogens is 352 g/mol. The third-order valence-corrected chi connectivity index (χ3v) is 2.76. The van der Waals surface area contributed by atoms with Crippen LogP contribution in [-0.2, 0) is 14.9 Å². The van der Waals surface area contributed by atoms with Crippen LogP contribution in [0.1, 0.15) is 17.5 Å². The number of para-hydroxylation sites is 1. The topological polar surface area (TPSA) is 175 Å². The number of rotatable bonds is 2. The lowest BCUT2D eigenvalue weighted by molar-refractivity contribution is -0.116. The Morgan fingerprint density at radius 1 is 1.48 bits per heavy atom. The first kappa shape index (κ1) is 20.1. The molecule has 0 atom stereocenters. The summed E-state index contributed by atoms with van der Waals surface area (Å²) < 4.78 is 31.5. The smallest absolute Gasteiger partial charge is 0.261 e. The quantitative estimate of drug-likeness (QED) is 0.162. The Labute approximate surface area is 144 Å². The Hall–Kier alpha value is -2.92. The Morgan fingerprint density at radius 2 is 2.12 bits per heavy atom. The molecule has 1 amide bonds. The summed E-state index contributed by atoms with van der Waals surface area (Å²) in [5.41, 5.74) is 6.94. The number of carbonyl (C=O) groups excluding carboxylic acids is 1. The van der Waals surface area contributed by atoms with Gasteiger partial charge in [-0.15, -0.1) is 0 Å². The second kappa shape index (κ2) is 8.80. The highest BCUT2D eigenvalue weighted by molar-refractivity contribution is 7.85. The second-order valence-corrected chi connectivity index (χ2v) is 6.35. The molecule has 1 heterocycles. The normalized spacial score (nSPS) is 13.4. The van der Waals surface area contributed by atoms with Crippen molar-refractivity contribution in [2.75, 3.05) is 12.9 Å². The summed E-state index contributed by atoms with van der Waals surface area (Å²) in [6.07, 6.45) is 4.05. The van der Waals surface area contributed by atoms with Gasteiger partial charge in [0, 0.05) is 23.1 Å². The summed E-state index contributed by atoms with van der Waals surface area (Å²) in [6, 6.07) is 5.30. The number of carbonyl (C=O) groups is 1. The molecule has 25 heavy (non-hydrogen) atoms. The summed E-state index contributed by atoms with van der Waals surface area (Å²) >= 11 is 0. The lowest BCUT2D eigenvalue weighted by Gasteiger charge is -2.08. The van der Waals surface area contributed by atoms with Crippen LogP contribution in [-0.4, -0.2) is 49.1 Å². The Bertz CT molecular complexity index is 809. The van der Waals surface area contributed by atoms with Gasteiger partial charge in [0.15, 0.2) is 5.96 Å². The van der Waals surface area contributed by atoms with Crippen molar-refractivity contribution >= 4 is 34.3 Å². The van der Waals surface area contributed by atoms with Crippen molar-refractivity contribution in [1.29, 1.82) is 5.41 Å². The number of ether oxygens (including phenoxy) is 1. The van der Waals surface area contributed by atoms with E-state index in [1.54, 1.807) is 24.3 Å². The molecule has 0 aliphatic carbocycles. The molecule has 11 heteroatoms. The molecule has 6 N–H and O–H groups in total. The van der Waals surface area contributed by atoms with E-state index in [1.165, 1.54) is 6.21 Å². The number of nitrogens with one attached hydrogen (secondary N) is 2. The monoisotopic (exact) mass is 370 g/mol. The van der Waals surface area contributed by atoms with Gasteiger partial charge in [0.05, 0.1) is 19.1 Å².